The molecule has 2 aromatic carbocycles. The molecule has 0 bridgehead atoms. The van der Waals surface area contributed by atoms with Crippen molar-refractivity contribution in [2.75, 3.05) is 0 Å². The van der Waals surface area contributed by atoms with Crippen LogP contribution in [-0.4, -0.2) is 0 Å². The molecule has 0 atom stereocenters. The number of aryl methyl sites for hydroxylation is 1. The van der Waals surface area contributed by atoms with E-state index in [0.29, 0.717) is 31.6 Å². The van der Waals surface area contributed by atoms with Gasteiger partial charge in [0.25, 0.3) is 0 Å². The summed E-state index contributed by atoms with van der Waals surface area (Å²) in [6.45, 7) is 5.54. The van der Waals surface area contributed by atoms with Gasteiger partial charge in [-0.05, 0) is 81.2 Å². The lowest BCUT2D eigenvalue weighted by Gasteiger charge is -2.27. The Kier molecular flexibility index (Phi) is 8.27. The number of halogens is 5. The zero-order valence-electron chi connectivity index (χ0n) is 18.4. The van der Waals surface area contributed by atoms with Gasteiger partial charge < -0.3 is 0 Å². The van der Waals surface area contributed by atoms with Gasteiger partial charge in [0.05, 0.1) is 10.9 Å². The van der Waals surface area contributed by atoms with Crippen LogP contribution in [0.5, 0.6) is 0 Å². The zero-order valence-corrected chi connectivity index (χ0v) is 18.4. The Morgan fingerprint density at radius 1 is 1.00 bits per heavy atom. The van der Waals surface area contributed by atoms with Gasteiger partial charge in [0, 0.05) is 5.92 Å². The molecule has 0 radical (unpaired) electrons. The van der Waals surface area contributed by atoms with E-state index in [9.17, 15) is 22.0 Å². The van der Waals surface area contributed by atoms with Crippen molar-refractivity contribution in [3.05, 3.63) is 77.4 Å². The highest BCUT2D eigenvalue weighted by molar-refractivity contribution is 5.88. The minimum Gasteiger partial charge on any atom is -0.208 e. The maximum Gasteiger partial charge on any atom is 0.170 e. The highest BCUT2D eigenvalue weighted by Gasteiger charge is 2.29. The van der Waals surface area contributed by atoms with Crippen LogP contribution in [0.15, 0.2) is 48.8 Å². The van der Waals surface area contributed by atoms with E-state index in [1.165, 1.54) is 12.1 Å². The van der Waals surface area contributed by atoms with Crippen LogP contribution in [0.25, 0.3) is 16.6 Å². The smallest absolute Gasteiger partial charge is 0.170 e. The maximum atomic E-state index is 15.0. The number of fused-ring (bicyclic) bond motifs is 1. The molecule has 0 N–H and O–H groups in total. The Labute approximate surface area is 186 Å². The van der Waals surface area contributed by atoms with E-state index in [2.05, 4.69) is 6.58 Å². The number of hydrogen-bond acceptors (Lipinski definition) is 0. The molecule has 0 heterocycles. The van der Waals surface area contributed by atoms with Crippen molar-refractivity contribution >= 4 is 16.6 Å². The number of benzene rings is 2. The standard InChI is InChI=1S/C27H29F5/c1-3-5-7-9-18-14-15-20-16-21(26(31)27(32)22(20)23(18)28)25(30)24(29)19-12-10-17(11-13-19)8-6-4-2/h3-5,14-17,19H,2,6-13H2,1H3/b5-3+,25-24?. The third-order valence-corrected chi connectivity index (χ3v) is 6.45. The van der Waals surface area contributed by atoms with Crippen molar-refractivity contribution in [3.63, 3.8) is 0 Å². The highest BCUT2D eigenvalue weighted by Crippen LogP contribution is 2.40. The fourth-order valence-corrected chi connectivity index (χ4v) is 4.55. The van der Waals surface area contributed by atoms with Gasteiger partial charge in [-0.15, -0.1) is 6.58 Å². The summed E-state index contributed by atoms with van der Waals surface area (Å²) in [5, 5.41) is -0.526. The van der Waals surface area contributed by atoms with Crippen LogP contribution in [0, 0.1) is 29.3 Å². The summed E-state index contributed by atoms with van der Waals surface area (Å²) in [5.74, 6) is -6.56. The molecule has 2 aromatic rings. The predicted octanol–water partition coefficient (Wildman–Crippen LogP) is 9.15. The summed E-state index contributed by atoms with van der Waals surface area (Å²) in [6.07, 6.45) is 10.7. The van der Waals surface area contributed by atoms with Gasteiger partial charge >= 0.3 is 0 Å². The Morgan fingerprint density at radius 2 is 1.72 bits per heavy atom. The fraction of sp³-hybridized carbons (Fsp3) is 0.407. The highest BCUT2D eigenvalue weighted by atomic mass is 19.2. The van der Waals surface area contributed by atoms with Crippen LogP contribution < -0.4 is 0 Å². The second-order valence-electron chi connectivity index (χ2n) is 8.54. The van der Waals surface area contributed by atoms with E-state index in [1.807, 2.05) is 25.2 Å². The molecule has 1 fully saturated rings. The fourth-order valence-electron chi connectivity index (χ4n) is 4.55. The van der Waals surface area contributed by atoms with Gasteiger partial charge in [0.2, 0.25) is 0 Å². The van der Waals surface area contributed by atoms with Crippen molar-refractivity contribution in [2.24, 2.45) is 11.8 Å². The normalized spacial score (nSPS) is 20.1. The molecular formula is C27H29F5. The van der Waals surface area contributed by atoms with Crippen molar-refractivity contribution in [1.82, 2.24) is 0 Å². The molecule has 1 aliphatic carbocycles. The van der Waals surface area contributed by atoms with Crippen molar-refractivity contribution < 1.29 is 22.0 Å². The second-order valence-corrected chi connectivity index (χ2v) is 8.54. The molecule has 0 unspecified atom stereocenters. The first-order valence-electron chi connectivity index (χ1n) is 11.3. The lowest BCUT2D eigenvalue weighted by atomic mass is 9.79. The van der Waals surface area contributed by atoms with Crippen LogP contribution in [0.2, 0.25) is 0 Å². The Hall–Kier alpha value is -2.43. The van der Waals surface area contributed by atoms with E-state index >= 15 is 0 Å². The third kappa shape index (κ3) is 5.13. The van der Waals surface area contributed by atoms with Crippen molar-refractivity contribution in [2.45, 2.75) is 58.3 Å². The van der Waals surface area contributed by atoms with Crippen molar-refractivity contribution in [3.8, 4) is 0 Å². The number of rotatable bonds is 8. The summed E-state index contributed by atoms with van der Waals surface area (Å²) in [5.41, 5.74) is -0.542. The van der Waals surface area contributed by atoms with Gasteiger partial charge in [0.1, 0.15) is 11.6 Å². The molecule has 0 aromatic heterocycles. The Morgan fingerprint density at radius 3 is 2.38 bits per heavy atom. The molecule has 0 amide bonds. The first-order chi connectivity index (χ1) is 15.4. The minimum absolute atomic E-state index is 0.00210. The van der Waals surface area contributed by atoms with Gasteiger partial charge in [-0.3, -0.25) is 0 Å². The molecule has 0 spiro atoms. The van der Waals surface area contributed by atoms with E-state index in [4.69, 9.17) is 0 Å². The van der Waals surface area contributed by atoms with Crippen LogP contribution in [0.4, 0.5) is 22.0 Å². The van der Waals surface area contributed by atoms with E-state index in [0.717, 1.165) is 31.7 Å². The first-order valence-corrected chi connectivity index (χ1v) is 11.3. The summed E-state index contributed by atoms with van der Waals surface area (Å²) >= 11 is 0. The van der Waals surface area contributed by atoms with Gasteiger partial charge in [-0.1, -0.05) is 30.4 Å². The predicted molar refractivity (Wildman–Crippen MR) is 121 cm³/mol. The molecule has 32 heavy (non-hydrogen) atoms. The molecule has 1 saturated carbocycles. The first kappa shape index (κ1) is 24.2. The topological polar surface area (TPSA) is 0 Å². The molecule has 1 aliphatic rings. The number of hydrogen-bond donors (Lipinski definition) is 0. The molecule has 3 rings (SSSR count). The number of allylic oxidation sites excluding steroid dienone is 4. The molecule has 5 heteroatoms. The second kappa shape index (κ2) is 10.9. The average molecular weight is 449 g/mol. The average Bonchev–Trinajstić information content (AvgIpc) is 2.80. The van der Waals surface area contributed by atoms with E-state index < -0.39 is 46.0 Å². The SMILES string of the molecule is C=CCCC1CCC(C(F)=C(F)c2cc3ccc(CC/C=C/C)c(F)c3c(F)c2F)CC1. The van der Waals surface area contributed by atoms with Crippen LogP contribution in [0.1, 0.15) is 63.0 Å². The quantitative estimate of drug-likeness (QED) is 0.279. The summed E-state index contributed by atoms with van der Waals surface area (Å²) in [4.78, 5) is 0. The summed E-state index contributed by atoms with van der Waals surface area (Å²) < 4.78 is 74.2. The van der Waals surface area contributed by atoms with E-state index in [1.54, 1.807) is 0 Å². The van der Waals surface area contributed by atoms with Crippen LogP contribution >= 0.6 is 0 Å². The summed E-state index contributed by atoms with van der Waals surface area (Å²) in [6, 6.07) is 3.90. The van der Waals surface area contributed by atoms with Gasteiger partial charge in [-0.2, -0.15) is 0 Å². The minimum atomic E-state index is -1.56. The van der Waals surface area contributed by atoms with Crippen molar-refractivity contribution in [1.29, 1.82) is 0 Å². The van der Waals surface area contributed by atoms with Crippen LogP contribution in [0.3, 0.4) is 0 Å². The lowest BCUT2D eigenvalue weighted by molar-refractivity contribution is 0.263. The Balaban J connectivity index is 1.90. The maximum absolute atomic E-state index is 15.0. The monoisotopic (exact) mass is 448 g/mol. The zero-order chi connectivity index (χ0) is 23.3. The lowest BCUT2D eigenvalue weighted by Crippen LogP contribution is -2.15. The molecule has 0 nitrogen and oxygen atoms in total. The van der Waals surface area contributed by atoms with Gasteiger partial charge in [-0.25, -0.2) is 22.0 Å². The third-order valence-electron chi connectivity index (χ3n) is 6.45. The van der Waals surface area contributed by atoms with Gasteiger partial charge in [0.15, 0.2) is 17.5 Å². The van der Waals surface area contributed by atoms with E-state index in [-0.39, 0.29) is 10.9 Å². The summed E-state index contributed by atoms with van der Waals surface area (Å²) in [7, 11) is 0. The Bertz CT molecular complexity index is 1030. The largest absolute Gasteiger partial charge is 0.208 e. The van der Waals surface area contributed by atoms with Crippen LogP contribution in [-0.2, 0) is 6.42 Å². The molecular weight excluding hydrogens is 419 g/mol. The molecule has 172 valence electrons. The molecule has 0 aliphatic heterocycles. The molecule has 0 saturated heterocycles.